The minimum atomic E-state index is -0.434. The highest BCUT2D eigenvalue weighted by Gasteiger charge is 2.26. The molecule has 1 aliphatic rings. The molecule has 1 fully saturated rings. The second-order valence-electron chi connectivity index (χ2n) is 7.18. The fourth-order valence-electron chi connectivity index (χ4n) is 3.51. The lowest BCUT2D eigenvalue weighted by Gasteiger charge is -2.36. The number of nitrogens with zero attached hydrogens (tertiary/aromatic N) is 4. The quantitative estimate of drug-likeness (QED) is 0.475. The van der Waals surface area contributed by atoms with Crippen molar-refractivity contribution in [2.75, 3.05) is 63.8 Å². The Kier molecular flexibility index (Phi) is 7.06. The zero-order valence-corrected chi connectivity index (χ0v) is 18.5. The fourth-order valence-corrected chi connectivity index (χ4v) is 3.68. The van der Waals surface area contributed by atoms with Gasteiger partial charge >= 0.3 is 0 Å². The molecule has 31 heavy (non-hydrogen) atoms. The van der Waals surface area contributed by atoms with Crippen molar-refractivity contribution < 1.29 is 19.2 Å². The molecular weight excluding hydrogens is 424 g/mol. The Bertz CT molecular complexity index is 941. The van der Waals surface area contributed by atoms with E-state index in [0.29, 0.717) is 48.4 Å². The number of anilines is 2. The smallest absolute Gasteiger partial charge is 0.294 e. The second kappa shape index (κ2) is 9.74. The maximum absolute atomic E-state index is 12.8. The number of piperazine rings is 1. The van der Waals surface area contributed by atoms with Crippen LogP contribution in [0.2, 0.25) is 5.02 Å². The number of amides is 1. The van der Waals surface area contributed by atoms with Gasteiger partial charge < -0.3 is 24.2 Å². The van der Waals surface area contributed by atoms with Gasteiger partial charge in [0.15, 0.2) is 0 Å². The molecule has 1 aliphatic heterocycles. The third-order valence-electron chi connectivity index (χ3n) is 5.26. The third-order valence-corrected chi connectivity index (χ3v) is 5.49. The number of ether oxygens (including phenoxy) is 2. The molecule has 2 aromatic rings. The van der Waals surface area contributed by atoms with Gasteiger partial charge in [-0.25, -0.2) is 0 Å². The van der Waals surface area contributed by atoms with Gasteiger partial charge in [0.25, 0.3) is 5.69 Å². The van der Waals surface area contributed by atoms with Crippen molar-refractivity contribution in [3.63, 3.8) is 0 Å². The number of carbonyl (C=O) groups excluding carboxylic acids is 1. The van der Waals surface area contributed by atoms with Crippen LogP contribution in [0.15, 0.2) is 36.4 Å². The van der Waals surface area contributed by atoms with Crippen molar-refractivity contribution >= 4 is 34.6 Å². The molecule has 0 N–H and O–H groups in total. The lowest BCUT2D eigenvalue weighted by Crippen LogP contribution is -2.51. The maximum Gasteiger partial charge on any atom is 0.294 e. The highest BCUT2D eigenvalue weighted by molar-refractivity contribution is 6.30. The Morgan fingerprint density at radius 2 is 1.71 bits per heavy atom. The van der Waals surface area contributed by atoms with Crippen LogP contribution >= 0.6 is 11.6 Å². The molecule has 0 atom stereocenters. The molecule has 0 bridgehead atoms. The summed E-state index contributed by atoms with van der Waals surface area (Å²) >= 11 is 5.91. The van der Waals surface area contributed by atoms with E-state index >= 15 is 0 Å². The number of hydrogen-bond donors (Lipinski definition) is 0. The fraction of sp³-hybridized carbons (Fsp3) is 0.381. The minimum Gasteiger partial charge on any atom is -0.497 e. The van der Waals surface area contributed by atoms with Gasteiger partial charge in [-0.2, -0.15) is 0 Å². The summed E-state index contributed by atoms with van der Waals surface area (Å²) in [7, 11) is 4.99. The van der Waals surface area contributed by atoms with Crippen molar-refractivity contribution in [1.29, 1.82) is 0 Å². The Morgan fingerprint density at radius 3 is 2.26 bits per heavy atom. The van der Waals surface area contributed by atoms with E-state index in [9.17, 15) is 14.9 Å². The molecule has 0 aliphatic carbocycles. The van der Waals surface area contributed by atoms with E-state index in [1.54, 1.807) is 37.3 Å². The first-order valence-corrected chi connectivity index (χ1v) is 10.1. The first-order valence-electron chi connectivity index (χ1n) is 9.73. The van der Waals surface area contributed by atoms with Crippen LogP contribution in [0.3, 0.4) is 0 Å². The number of rotatable bonds is 7. The van der Waals surface area contributed by atoms with Crippen molar-refractivity contribution in [2.24, 2.45) is 0 Å². The molecule has 166 valence electrons. The summed E-state index contributed by atoms with van der Waals surface area (Å²) in [6.45, 7) is 2.16. The second-order valence-corrected chi connectivity index (χ2v) is 7.62. The van der Waals surface area contributed by atoms with Crippen LogP contribution < -0.4 is 19.3 Å². The highest BCUT2D eigenvalue weighted by Crippen LogP contribution is 2.32. The van der Waals surface area contributed by atoms with Crippen molar-refractivity contribution in [2.45, 2.75) is 0 Å². The topological polar surface area (TPSA) is 88.4 Å². The third kappa shape index (κ3) is 5.29. The van der Waals surface area contributed by atoms with Crippen LogP contribution in [0, 0.1) is 10.1 Å². The number of halogens is 1. The van der Waals surface area contributed by atoms with E-state index in [1.807, 2.05) is 29.0 Å². The zero-order chi connectivity index (χ0) is 22.5. The Morgan fingerprint density at radius 1 is 1.10 bits per heavy atom. The summed E-state index contributed by atoms with van der Waals surface area (Å²) in [5.74, 6) is 1.27. The molecule has 0 radical (unpaired) electrons. The van der Waals surface area contributed by atoms with Crippen LogP contribution in [0.1, 0.15) is 0 Å². The number of nitro groups is 1. The van der Waals surface area contributed by atoms with Gasteiger partial charge in [0.2, 0.25) is 5.91 Å². The Balaban J connectivity index is 1.63. The lowest BCUT2D eigenvalue weighted by atomic mass is 10.2. The van der Waals surface area contributed by atoms with E-state index in [1.165, 1.54) is 6.07 Å². The Labute approximate surface area is 185 Å². The summed E-state index contributed by atoms with van der Waals surface area (Å²) < 4.78 is 10.6. The SMILES string of the molecule is COc1cc(OC)cc(N(C)CC(=O)N2CCN(c3ccc(Cl)cc3[N+](=O)[O-])CC2)c1. The van der Waals surface area contributed by atoms with E-state index < -0.39 is 4.92 Å². The molecule has 0 aromatic heterocycles. The van der Waals surface area contributed by atoms with Crippen LogP contribution in [0.25, 0.3) is 0 Å². The van der Waals surface area contributed by atoms with Crippen molar-refractivity contribution in [3.8, 4) is 11.5 Å². The number of benzene rings is 2. The van der Waals surface area contributed by atoms with Gasteiger partial charge in [0.05, 0.1) is 25.7 Å². The molecule has 3 rings (SSSR count). The largest absolute Gasteiger partial charge is 0.497 e. The summed E-state index contributed by atoms with van der Waals surface area (Å²) in [5, 5.41) is 11.7. The molecule has 9 nitrogen and oxygen atoms in total. The molecular formula is C21H25ClN4O5. The van der Waals surface area contributed by atoms with Crippen LogP contribution in [-0.2, 0) is 4.79 Å². The molecule has 0 spiro atoms. The number of methoxy groups -OCH3 is 2. The first-order chi connectivity index (χ1) is 14.8. The molecule has 2 aromatic carbocycles. The number of nitro benzene ring substituents is 1. The van der Waals surface area contributed by atoms with Gasteiger partial charge in [0, 0.05) is 68.2 Å². The van der Waals surface area contributed by atoms with E-state index in [4.69, 9.17) is 21.1 Å². The number of likely N-dealkylation sites (N-methyl/N-ethyl adjacent to an activating group) is 1. The first kappa shape index (κ1) is 22.5. The maximum atomic E-state index is 12.8. The zero-order valence-electron chi connectivity index (χ0n) is 17.7. The predicted octanol–water partition coefficient (Wildman–Crippen LogP) is 3.05. The normalized spacial score (nSPS) is 13.7. The van der Waals surface area contributed by atoms with E-state index in [-0.39, 0.29) is 18.1 Å². The lowest BCUT2D eigenvalue weighted by molar-refractivity contribution is -0.384. The number of hydrogen-bond acceptors (Lipinski definition) is 7. The predicted molar refractivity (Wildman–Crippen MR) is 120 cm³/mol. The van der Waals surface area contributed by atoms with Crippen molar-refractivity contribution in [3.05, 3.63) is 51.5 Å². The molecule has 1 amide bonds. The average Bonchev–Trinajstić information content (AvgIpc) is 2.78. The highest BCUT2D eigenvalue weighted by atomic mass is 35.5. The monoisotopic (exact) mass is 448 g/mol. The molecule has 10 heteroatoms. The summed E-state index contributed by atoms with van der Waals surface area (Å²) in [5.41, 5.74) is 1.29. The van der Waals surface area contributed by atoms with Crippen molar-refractivity contribution in [1.82, 2.24) is 4.90 Å². The summed E-state index contributed by atoms with van der Waals surface area (Å²) in [4.78, 5) is 29.3. The van der Waals surface area contributed by atoms with Crippen LogP contribution in [-0.4, -0.2) is 69.7 Å². The Hall–Kier alpha value is -3.20. The standard InChI is InChI=1S/C21H25ClN4O5/c1-23(16-11-17(30-2)13-18(12-16)31-3)14-21(27)25-8-6-24(7-9-25)19-5-4-15(22)10-20(19)26(28)29/h4-5,10-13H,6-9,14H2,1-3H3. The van der Waals surface area contributed by atoms with E-state index in [2.05, 4.69) is 0 Å². The van der Waals surface area contributed by atoms with Gasteiger partial charge in [-0.05, 0) is 12.1 Å². The van der Waals surface area contributed by atoms with E-state index in [0.717, 1.165) is 5.69 Å². The summed E-state index contributed by atoms with van der Waals surface area (Å²) in [6.07, 6.45) is 0. The van der Waals surface area contributed by atoms with Gasteiger partial charge in [-0.1, -0.05) is 11.6 Å². The van der Waals surface area contributed by atoms with Crippen LogP contribution in [0.5, 0.6) is 11.5 Å². The average molecular weight is 449 g/mol. The van der Waals surface area contributed by atoms with Gasteiger partial charge in [-0.15, -0.1) is 0 Å². The molecule has 0 unspecified atom stereocenters. The minimum absolute atomic E-state index is 0.0189. The molecule has 1 saturated heterocycles. The van der Waals surface area contributed by atoms with Gasteiger partial charge in [0.1, 0.15) is 17.2 Å². The number of carbonyl (C=O) groups is 1. The summed E-state index contributed by atoms with van der Waals surface area (Å²) in [6, 6.07) is 10.1. The molecule has 0 saturated carbocycles. The van der Waals surface area contributed by atoms with Gasteiger partial charge in [-0.3, -0.25) is 14.9 Å². The van der Waals surface area contributed by atoms with Crippen LogP contribution in [0.4, 0.5) is 17.1 Å². The molecule has 1 heterocycles.